The van der Waals surface area contributed by atoms with Gasteiger partial charge in [-0.15, -0.1) is 22.7 Å². The number of benzene rings is 1. The first-order chi connectivity index (χ1) is 9.81. The van der Waals surface area contributed by atoms with Gasteiger partial charge < -0.3 is 14.6 Å². The lowest BCUT2D eigenvalue weighted by Gasteiger charge is -2.20. The molecule has 102 valence electrons. The minimum atomic E-state index is -0.615. The molecule has 0 saturated heterocycles. The van der Waals surface area contributed by atoms with Crippen LogP contribution in [-0.2, 0) is 0 Å². The topological polar surface area (TPSA) is 38.7 Å². The molecule has 2 aromatic heterocycles. The monoisotopic (exact) mass is 304 g/mol. The van der Waals surface area contributed by atoms with Crippen LogP contribution in [0.1, 0.15) is 16.5 Å². The van der Waals surface area contributed by atoms with Crippen LogP contribution in [0.25, 0.3) is 9.40 Å². The third-order valence-electron chi connectivity index (χ3n) is 3.31. The molecule has 0 spiro atoms. The van der Waals surface area contributed by atoms with Crippen molar-refractivity contribution in [3.63, 3.8) is 0 Å². The Morgan fingerprint density at radius 2 is 1.85 bits per heavy atom. The summed E-state index contributed by atoms with van der Waals surface area (Å²) in [7, 11) is 0. The van der Waals surface area contributed by atoms with Crippen LogP contribution in [0, 0.1) is 0 Å². The van der Waals surface area contributed by atoms with E-state index in [1.807, 2.05) is 18.2 Å². The molecule has 0 aliphatic carbocycles. The van der Waals surface area contributed by atoms with Gasteiger partial charge in [-0.2, -0.15) is 0 Å². The average Bonchev–Trinajstić information content (AvgIpc) is 3.07. The summed E-state index contributed by atoms with van der Waals surface area (Å²) in [6, 6.07) is 9.78. The quantitative estimate of drug-likeness (QED) is 0.782. The molecular weight excluding hydrogens is 292 g/mol. The van der Waals surface area contributed by atoms with Crippen LogP contribution < -0.4 is 9.47 Å². The van der Waals surface area contributed by atoms with Crippen LogP contribution >= 0.6 is 22.7 Å². The largest absolute Gasteiger partial charge is 0.486 e. The lowest BCUT2D eigenvalue weighted by molar-refractivity contribution is 0.170. The molecule has 0 radical (unpaired) electrons. The molecule has 20 heavy (non-hydrogen) atoms. The molecular formula is C15H12O3S2. The van der Waals surface area contributed by atoms with E-state index < -0.39 is 6.10 Å². The third kappa shape index (κ3) is 1.98. The molecule has 4 rings (SSSR count). The van der Waals surface area contributed by atoms with Crippen molar-refractivity contribution in [1.82, 2.24) is 0 Å². The number of ether oxygens (including phenoxy) is 2. The molecule has 0 saturated carbocycles. The van der Waals surface area contributed by atoms with Gasteiger partial charge in [-0.3, -0.25) is 0 Å². The van der Waals surface area contributed by atoms with Crippen molar-refractivity contribution in [1.29, 1.82) is 0 Å². The summed E-state index contributed by atoms with van der Waals surface area (Å²) in [6.07, 6.45) is -0.615. The number of aliphatic hydroxyl groups excluding tert-OH is 1. The van der Waals surface area contributed by atoms with Crippen molar-refractivity contribution in [3.05, 3.63) is 46.2 Å². The first-order valence-corrected chi connectivity index (χ1v) is 8.05. The van der Waals surface area contributed by atoms with Crippen molar-refractivity contribution in [2.75, 3.05) is 13.2 Å². The molecule has 1 N–H and O–H groups in total. The lowest BCUT2D eigenvalue weighted by atomic mass is 10.1. The van der Waals surface area contributed by atoms with Gasteiger partial charge >= 0.3 is 0 Å². The van der Waals surface area contributed by atoms with E-state index in [9.17, 15) is 5.11 Å². The van der Waals surface area contributed by atoms with Gasteiger partial charge in [-0.05, 0) is 35.2 Å². The second-order valence-electron chi connectivity index (χ2n) is 4.60. The van der Waals surface area contributed by atoms with E-state index in [1.165, 1.54) is 9.40 Å². The van der Waals surface area contributed by atoms with E-state index in [0.717, 1.165) is 16.2 Å². The standard InChI is InChI=1S/C15H12O3S2/c16-15(14-8-13-12(20-14)3-6-19-13)9-1-2-10-11(7-9)18-5-4-17-10/h1-3,6-8,15-16H,4-5H2. The van der Waals surface area contributed by atoms with Gasteiger partial charge in [-0.25, -0.2) is 0 Å². The second kappa shape index (κ2) is 4.77. The molecule has 0 fully saturated rings. The van der Waals surface area contributed by atoms with Crippen LogP contribution in [0.2, 0.25) is 0 Å². The van der Waals surface area contributed by atoms with Crippen molar-refractivity contribution >= 4 is 32.1 Å². The smallest absolute Gasteiger partial charge is 0.161 e. The number of fused-ring (bicyclic) bond motifs is 2. The molecule has 1 aromatic carbocycles. The van der Waals surface area contributed by atoms with E-state index in [1.54, 1.807) is 22.7 Å². The summed E-state index contributed by atoms with van der Waals surface area (Å²) in [5.41, 5.74) is 0.836. The minimum Gasteiger partial charge on any atom is -0.486 e. The number of rotatable bonds is 2. The van der Waals surface area contributed by atoms with E-state index in [4.69, 9.17) is 9.47 Å². The number of hydrogen-bond donors (Lipinski definition) is 1. The highest BCUT2D eigenvalue weighted by Crippen LogP contribution is 2.38. The van der Waals surface area contributed by atoms with Crippen molar-refractivity contribution < 1.29 is 14.6 Å². The maximum absolute atomic E-state index is 10.5. The molecule has 0 amide bonds. The molecule has 1 atom stereocenters. The van der Waals surface area contributed by atoms with E-state index in [2.05, 4.69) is 17.5 Å². The highest BCUT2D eigenvalue weighted by Gasteiger charge is 2.18. The first kappa shape index (κ1) is 12.2. The summed E-state index contributed by atoms with van der Waals surface area (Å²) in [4.78, 5) is 0.962. The molecule has 1 aliphatic rings. The Bertz CT molecular complexity index is 731. The third-order valence-corrected chi connectivity index (χ3v) is 5.46. The predicted molar refractivity (Wildman–Crippen MR) is 81.2 cm³/mol. The Morgan fingerprint density at radius 3 is 2.70 bits per heavy atom. The fourth-order valence-corrected chi connectivity index (χ4v) is 4.45. The van der Waals surface area contributed by atoms with E-state index in [-0.39, 0.29) is 0 Å². The first-order valence-electron chi connectivity index (χ1n) is 6.36. The zero-order chi connectivity index (χ0) is 13.5. The van der Waals surface area contributed by atoms with Gasteiger partial charge in [0, 0.05) is 14.3 Å². The molecule has 1 unspecified atom stereocenters. The fourth-order valence-electron chi connectivity index (χ4n) is 2.31. The zero-order valence-corrected chi connectivity index (χ0v) is 12.2. The Labute approximate surface area is 124 Å². The summed E-state index contributed by atoms with van der Waals surface area (Å²) >= 11 is 3.33. The summed E-state index contributed by atoms with van der Waals surface area (Å²) in [5, 5.41) is 12.6. The van der Waals surface area contributed by atoms with Gasteiger partial charge in [-0.1, -0.05) is 6.07 Å². The highest BCUT2D eigenvalue weighted by molar-refractivity contribution is 7.26. The zero-order valence-electron chi connectivity index (χ0n) is 10.5. The Kier molecular flexibility index (Phi) is 2.91. The van der Waals surface area contributed by atoms with Gasteiger partial charge in [0.2, 0.25) is 0 Å². The number of aliphatic hydroxyl groups is 1. The van der Waals surface area contributed by atoms with Crippen molar-refractivity contribution in [2.24, 2.45) is 0 Å². The summed E-state index contributed by atoms with van der Waals surface area (Å²) in [5.74, 6) is 1.46. The molecule has 5 heteroatoms. The number of thiophene rings is 2. The van der Waals surface area contributed by atoms with Gasteiger partial charge in [0.25, 0.3) is 0 Å². The second-order valence-corrected chi connectivity index (χ2v) is 6.67. The van der Waals surface area contributed by atoms with Crippen LogP contribution in [0.3, 0.4) is 0 Å². The van der Waals surface area contributed by atoms with Gasteiger partial charge in [0.05, 0.1) is 0 Å². The highest BCUT2D eigenvalue weighted by atomic mass is 32.1. The molecule has 3 aromatic rings. The number of hydrogen-bond acceptors (Lipinski definition) is 5. The summed E-state index contributed by atoms with van der Waals surface area (Å²) < 4.78 is 13.5. The average molecular weight is 304 g/mol. The maximum atomic E-state index is 10.5. The van der Waals surface area contributed by atoms with Crippen LogP contribution in [-0.4, -0.2) is 18.3 Å². The maximum Gasteiger partial charge on any atom is 0.161 e. The van der Waals surface area contributed by atoms with Crippen LogP contribution in [0.5, 0.6) is 11.5 Å². The van der Waals surface area contributed by atoms with E-state index >= 15 is 0 Å². The Morgan fingerprint density at radius 1 is 1.00 bits per heavy atom. The van der Waals surface area contributed by atoms with Crippen molar-refractivity contribution in [2.45, 2.75) is 6.10 Å². The Balaban J connectivity index is 1.70. The molecule has 0 bridgehead atoms. The SMILES string of the molecule is OC(c1ccc2c(c1)OCCO2)c1cc2sccc2s1. The van der Waals surface area contributed by atoms with Gasteiger partial charge in [0.1, 0.15) is 19.3 Å². The van der Waals surface area contributed by atoms with Crippen LogP contribution in [0.4, 0.5) is 0 Å². The van der Waals surface area contributed by atoms with Crippen LogP contribution in [0.15, 0.2) is 35.7 Å². The minimum absolute atomic E-state index is 0.557. The summed E-state index contributed by atoms with van der Waals surface area (Å²) in [6.45, 7) is 1.14. The Hall–Kier alpha value is -1.56. The predicted octanol–water partition coefficient (Wildman–Crippen LogP) is 3.82. The molecule has 3 heterocycles. The normalized spacial score (nSPS) is 15.4. The lowest BCUT2D eigenvalue weighted by Crippen LogP contribution is -2.15. The fraction of sp³-hybridized carbons (Fsp3) is 0.200. The van der Waals surface area contributed by atoms with Crippen molar-refractivity contribution in [3.8, 4) is 11.5 Å². The van der Waals surface area contributed by atoms with E-state index in [0.29, 0.717) is 19.0 Å². The van der Waals surface area contributed by atoms with Gasteiger partial charge in [0.15, 0.2) is 11.5 Å². The molecule has 3 nitrogen and oxygen atoms in total. The molecule has 1 aliphatic heterocycles.